The second kappa shape index (κ2) is 6.72. The molecule has 0 aromatic carbocycles. The molecule has 0 amide bonds. The Morgan fingerprint density at radius 3 is 2.47 bits per heavy atom. The van der Waals surface area contributed by atoms with Gasteiger partial charge in [0.05, 0.1) is 0 Å². The first-order valence-electron chi connectivity index (χ1n) is 7.13. The minimum atomic E-state index is 0.293. The van der Waals surface area contributed by atoms with Gasteiger partial charge < -0.3 is 10.6 Å². The van der Waals surface area contributed by atoms with E-state index in [4.69, 9.17) is 5.73 Å². The van der Waals surface area contributed by atoms with Crippen molar-refractivity contribution in [3.05, 3.63) is 0 Å². The highest BCUT2D eigenvalue weighted by Crippen LogP contribution is 2.41. The van der Waals surface area contributed by atoms with Crippen LogP contribution in [-0.2, 0) is 0 Å². The maximum atomic E-state index is 6.12. The second-order valence-electron chi connectivity index (χ2n) is 5.88. The molecule has 0 aliphatic heterocycles. The van der Waals surface area contributed by atoms with E-state index in [1.165, 1.54) is 45.2 Å². The van der Waals surface area contributed by atoms with Crippen molar-refractivity contribution >= 4 is 0 Å². The van der Waals surface area contributed by atoms with Crippen molar-refractivity contribution in [1.29, 1.82) is 0 Å². The lowest BCUT2D eigenvalue weighted by atomic mass is 9.83. The third-order valence-corrected chi connectivity index (χ3v) is 4.63. The Labute approximate surface area is 107 Å². The molecule has 1 aliphatic carbocycles. The molecule has 0 heterocycles. The molecule has 102 valence electrons. The zero-order valence-corrected chi connectivity index (χ0v) is 12.2. The van der Waals surface area contributed by atoms with Crippen LogP contribution in [0.1, 0.15) is 39.0 Å². The zero-order valence-electron chi connectivity index (χ0n) is 12.2. The summed E-state index contributed by atoms with van der Waals surface area (Å²) in [7, 11) is 6.56. The van der Waals surface area contributed by atoms with Gasteiger partial charge in [0.25, 0.3) is 0 Å². The summed E-state index contributed by atoms with van der Waals surface area (Å²) in [5.41, 5.74) is 6.41. The van der Waals surface area contributed by atoms with Crippen LogP contribution in [0.4, 0.5) is 0 Å². The van der Waals surface area contributed by atoms with Crippen LogP contribution in [0.2, 0.25) is 0 Å². The Hall–Kier alpha value is -0.120. The summed E-state index contributed by atoms with van der Waals surface area (Å²) < 4.78 is 0. The van der Waals surface area contributed by atoms with Gasteiger partial charge in [-0.25, -0.2) is 0 Å². The molecule has 3 nitrogen and oxygen atoms in total. The van der Waals surface area contributed by atoms with Crippen LogP contribution in [0, 0.1) is 5.92 Å². The third kappa shape index (κ3) is 3.43. The van der Waals surface area contributed by atoms with Crippen molar-refractivity contribution in [2.75, 3.05) is 40.8 Å². The Bertz CT molecular complexity index is 218. The molecule has 2 atom stereocenters. The Balaban J connectivity index is 2.53. The van der Waals surface area contributed by atoms with Gasteiger partial charge in [0.15, 0.2) is 0 Å². The normalized spacial score (nSPS) is 29.5. The van der Waals surface area contributed by atoms with E-state index >= 15 is 0 Å². The maximum absolute atomic E-state index is 6.12. The van der Waals surface area contributed by atoms with Crippen LogP contribution < -0.4 is 5.73 Å². The lowest BCUT2D eigenvalue weighted by molar-refractivity contribution is 0.0786. The fourth-order valence-electron chi connectivity index (χ4n) is 3.49. The lowest BCUT2D eigenvalue weighted by Gasteiger charge is -2.43. The fourth-order valence-corrected chi connectivity index (χ4v) is 3.49. The summed E-state index contributed by atoms with van der Waals surface area (Å²) in [6.07, 6.45) is 6.52. The first kappa shape index (κ1) is 14.9. The van der Waals surface area contributed by atoms with Crippen LogP contribution in [0.25, 0.3) is 0 Å². The highest BCUT2D eigenvalue weighted by atomic mass is 15.2. The Morgan fingerprint density at radius 2 is 1.94 bits per heavy atom. The minimum Gasteiger partial charge on any atom is -0.329 e. The van der Waals surface area contributed by atoms with Crippen LogP contribution in [0.5, 0.6) is 0 Å². The molecule has 2 unspecified atom stereocenters. The van der Waals surface area contributed by atoms with Gasteiger partial charge in [-0.1, -0.05) is 19.8 Å². The topological polar surface area (TPSA) is 32.5 Å². The van der Waals surface area contributed by atoms with E-state index in [0.29, 0.717) is 5.54 Å². The van der Waals surface area contributed by atoms with Crippen molar-refractivity contribution in [3.63, 3.8) is 0 Å². The van der Waals surface area contributed by atoms with Crippen molar-refractivity contribution in [1.82, 2.24) is 9.80 Å². The predicted octanol–water partition coefficient (Wildman–Crippen LogP) is 1.78. The van der Waals surface area contributed by atoms with Gasteiger partial charge in [-0.15, -0.1) is 0 Å². The third-order valence-electron chi connectivity index (χ3n) is 4.63. The largest absolute Gasteiger partial charge is 0.329 e. The van der Waals surface area contributed by atoms with Gasteiger partial charge in [0.1, 0.15) is 0 Å². The molecule has 3 heteroatoms. The van der Waals surface area contributed by atoms with Crippen LogP contribution >= 0.6 is 0 Å². The SMILES string of the molecule is CCC1CCCC1(CN)N(C)CCCN(C)C. The van der Waals surface area contributed by atoms with E-state index in [2.05, 4.69) is 37.9 Å². The molecule has 0 radical (unpaired) electrons. The van der Waals surface area contributed by atoms with Crippen LogP contribution in [0.15, 0.2) is 0 Å². The molecular weight excluding hydrogens is 210 g/mol. The molecule has 2 N–H and O–H groups in total. The molecule has 17 heavy (non-hydrogen) atoms. The van der Waals surface area contributed by atoms with Gasteiger partial charge >= 0.3 is 0 Å². The van der Waals surface area contributed by atoms with E-state index in [9.17, 15) is 0 Å². The fraction of sp³-hybridized carbons (Fsp3) is 1.00. The standard InChI is InChI=1S/C14H31N3/c1-5-13-8-6-9-14(13,12-15)17(4)11-7-10-16(2)3/h13H,5-12,15H2,1-4H3. The molecule has 0 saturated heterocycles. The van der Waals surface area contributed by atoms with Crippen molar-refractivity contribution < 1.29 is 0 Å². The van der Waals surface area contributed by atoms with Crippen LogP contribution in [-0.4, -0.2) is 56.1 Å². The Morgan fingerprint density at radius 1 is 1.24 bits per heavy atom. The molecule has 1 fully saturated rings. The lowest BCUT2D eigenvalue weighted by Crippen LogP contribution is -2.55. The monoisotopic (exact) mass is 241 g/mol. The molecule has 1 rings (SSSR count). The number of hydrogen-bond acceptors (Lipinski definition) is 3. The summed E-state index contributed by atoms with van der Waals surface area (Å²) in [4.78, 5) is 4.81. The van der Waals surface area contributed by atoms with Crippen LogP contribution in [0.3, 0.4) is 0 Å². The quantitative estimate of drug-likeness (QED) is 0.737. The number of hydrogen-bond donors (Lipinski definition) is 1. The average molecular weight is 241 g/mol. The number of likely N-dealkylation sites (N-methyl/N-ethyl adjacent to an activating group) is 1. The molecule has 0 aromatic rings. The summed E-state index contributed by atoms with van der Waals surface area (Å²) >= 11 is 0. The van der Waals surface area contributed by atoms with E-state index < -0.39 is 0 Å². The highest BCUT2D eigenvalue weighted by molar-refractivity contribution is 5.00. The highest BCUT2D eigenvalue weighted by Gasteiger charge is 2.43. The number of rotatable bonds is 7. The summed E-state index contributed by atoms with van der Waals surface area (Å²) in [6, 6.07) is 0. The first-order chi connectivity index (χ1) is 8.06. The van der Waals surface area contributed by atoms with Gasteiger partial charge in [-0.2, -0.15) is 0 Å². The van der Waals surface area contributed by atoms with E-state index in [1.807, 2.05) is 0 Å². The van der Waals surface area contributed by atoms with Gasteiger partial charge in [-0.3, -0.25) is 4.90 Å². The minimum absolute atomic E-state index is 0.293. The molecule has 0 spiro atoms. The van der Waals surface area contributed by atoms with E-state index in [0.717, 1.165) is 12.5 Å². The number of nitrogens with zero attached hydrogens (tertiary/aromatic N) is 2. The summed E-state index contributed by atoms with van der Waals surface area (Å²) in [5, 5.41) is 0. The smallest absolute Gasteiger partial charge is 0.0356 e. The van der Waals surface area contributed by atoms with Crippen molar-refractivity contribution in [2.45, 2.75) is 44.6 Å². The zero-order chi connectivity index (χ0) is 12.9. The molecule has 1 aliphatic rings. The second-order valence-corrected chi connectivity index (χ2v) is 5.88. The first-order valence-corrected chi connectivity index (χ1v) is 7.13. The maximum Gasteiger partial charge on any atom is 0.0356 e. The molecule has 0 bridgehead atoms. The number of nitrogens with two attached hydrogens (primary N) is 1. The van der Waals surface area contributed by atoms with E-state index in [-0.39, 0.29) is 0 Å². The summed E-state index contributed by atoms with van der Waals surface area (Å²) in [6.45, 7) is 5.48. The molecular formula is C14H31N3. The molecule has 0 aromatic heterocycles. The average Bonchev–Trinajstić information content (AvgIpc) is 2.72. The van der Waals surface area contributed by atoms with Gasteiger partial charge in [-0.05, 0) is 59.4 Å². The molecule has 1 saturated carbocycles. The van der Waals surface area contributed by atoms with Crippen molar-refractivity contribution in [3.8, 4) is 0 Å². The predicted molar refractivity (Wildman–Crippen MR) is 75.2 cm³/mol. The van der Waals surface area contributed by atoms with Crippen molar-refractivity contribution in [2.24, 2.45) is 11.7 Å². The van der Waals surface area contributed by atoms with Gasteiger partial charge in [0, 0.05) is 12.1 Å². The van der Waals surface area contributed by atoms with E-state index in [1.54, 1.807) is 0 Å². The van der Waals surface area contributed by atoms with Gasteiger partial charge in [0.2, 0.25) is 0 Å². The Kier molecular flexibility index (Phi) is 5.90. The summed E-state index contributed by atoms with van der Waals surface area (Å²) in [5.74, 6) is 0.803.